The van der Waals surface area contributed by atoms with E-state index < -0.39 is 0 Å². The van der Waals surface area contributed by atoms with Gasteiger partial charge >= 0.3 is 0 Å². The number of hydrogen-bond donors (Lipinski definition) is 1. The van der Waals surface area contributed by atoms with Crippen LogP contribution in [0.15, 0.2) is 66.1 Å². The number of nitrogens with zero attached hydrogens (tertiary/aromatic N) is 4. The number of nitrogens with one attached hydrogen (secondary N) is 1. The maximum absolute atomic E-state index is 12.4. The van der Waals surface area contributed by atoms with Gasteiger partial charge in [-0.15, -0.1) is 0 Å². The monoisotopic (exact) mass is 433 g/mol. The average molecular weight is 433 g/mol. The number of ether oxygens (including phenoxy) is 2. The molecule has 0 bridgehead atoms. The molecule has 0 aliphatic carbocycles. The number of thioether (sulfide) groups is 1. The number of aromatic nitrogens is 4. The summed E-state index contributed by atoms with van der Waals surface area (Å²) in [4.78, 5) is 30.0. The van der Waals surface area contributed by atoms with E-state index in [4.69, 9.17) is 9.47 Å². The van der Waals surface area contributed by atoms with Crippen LogP contribution in [0.3, 0.4) is 0 Å². The van der Waals surface area contributed by atoms with Crippen molar-refractivity contribution >= 4 is 34.4 Å². The maximum atomic E-state index is 12.4. The number of rotatable bonds is 7. The van der Waals surface area contributed by atoms with E-state index in [-0.39, 0.29) is 11.7 Å². The molecule has 1 N–H and O–H groups in total. The number of para-hydroxylation sites is 2. The molecule has 4 aromatic rings. The van der Waals surface area contributed by atoms with Crippen molar-refractivity contribution in [3.05, 3.63) is 61.1 Å². The molecular formula is C22H19N5O3S. The van der Waals surface area contributed by atoms with E-state index in [9.17, 15) is 4.79 Å². The van der Waals surface area contributed by atoms with Crippen LogP contribution in [-0.4, -0.2) is 45.8 Å². The first kappa shape index (κ1) is 20.5. The van der Waals surface area contributed by atoms with Crippen molar-refractivity contribution in [3.8, 4) is 22.9 Å². The molecule has 0 atom stereocenters. The molecule has 4 rings (SSSR count). The Kier molecular flexibility index (Phi) is 6.23. The van der Waals surface area contributed by atoms with Crippen molar-refractivity contribution in [3.63, 3.8) is 0 Å². The maximum Gasteiger partial charge on any atom is 0.234 e. The molecule has 1 amide bonds. The van der Waals surface area contributed by atoms with Crippen LogP contribution in [0.4, 0.5) is 5.69 Å². The highest BCUT2D eigenvalue weighted by atomic mass is 32.2. The molecular weight excluding hydrogens is 414 g/mol. The Morgan fingerprint density at radius 3 is 2.58 bits per heavy atom. The van der Waals surface area contributed by atoms with Gasteiger partial charge < -0.3 is 14.8 Å². The molecule has 0 unspecified atom stereocenters. The van der Waals surface area contributed by atoms with E-state index in [1.165, 1.54) is 18.1 Å². The van der Waals surface area contributed by atoms with Gasteiger partial charge in [0, 0.05) is 11.8 Å². The second-order valence-corrected chi connectivity index (χ2v) is 7.34. The van der Waals surface area contributed by atoms with Gasteiger partial charge in [0.05, 0.1) is 31.0 Å². The summed E-state index contributed by atoms with van der Waals surface area (Å²) >= 11 is 1.30. The zero-order valence-corrected chi connectivity index (χ0v) is 17.7. The molecule has 2 aromatic carbocycles. The van der Waals surface area contributed by atoms with Crippen LogP contribution >= 0.6 is 11.8 Å². The van der Waals surface area contributed by atoms with Crippen molar-refractivity contribution < 1.29 is 14.3 Å². The van der Waals surface area contributed by atoms with E-state index in [0.29, 0.717) is 33.3 Å². The fraction of sp³-hybridized carbons (Fsp3) is 0.136. The Morgan fingerprint density at radius 1 is 1.00 bits per heavy atom. The number of carbonyl (C=O) groups excluding carboxylic acids is 1. The lowest BCUT2D eigenvalue weighted by Crippen LogP contribution is -2.14. The normalized spacial score (nSPS) is 10.6. The third-order valence-corrected chi connectivity index (χ3v) is 5.43. The largest absolute Gasteiger partial charge is 0.497 e. The number of fused-ring (bicyclic) bond motifs is 1. The van der Waals surface area contributed by atoms with Gasteiger partial charge in [-0.1, -0.05) is 23.9 Å². The van der Waals surface area contributed by atoms with Gasteiger partial charge in [-0.3, -0.25) is 4.79 Å². The Bertz CT molecular complexity index is 1220. The fourth-order valence-electron chi connectivity index (χ4n) is 2.89. The lowest BCUT2D eigenvalue weighted by Gasteiger charge is -2.10. The first-order valence-electron chi connectivity index (χ1n) is 9.36. The van der Waals surface area contributed by atoms with Crippen LogP contribution in [0.25, 0.3) is 22.4 Å². The van der Waals surface area contributed by atoms with Crippen LogP contribution in [0.5, 0.6) is 11.5 Å². The van der Waals surface area contributed by atoms with Crippen LogP contribution in [0, 0.1) is 0 Å². The topological polar surface area (TPSA) is 99.1 Å². The SMILES string of the molecule is COc1ccc(-c2ncc3c(SCC(=O)Nc4ccccc4OC)ncnc3n2)cc1. The first-order valence-corrected chi connectivity index (χ1v) is 10.3. The quantitative estimate of drug-likeness (QED) is 0.347. The van der Waals surface area contributed by atoms with Gasteiger partial charge in [0.1, 0.15) is 22.9 Å². The lowest BCUT2D eigenvalue weighted by molar-refractivity contribution is -0.113. The zero-order valence-electron chi connectivity index (χ0n) is 16.9. The number of carbonyl (C=O) groups is 1. The summed E-state index contributed by atoms with van der Waals surface area (Å²) in [5.74, 6) is 1.92. The number of benzene rings is 2. The number of anilines is 1. The minimum Gasteiger partial charge on any atom is -0.497 e. The van der Waals surface area contributed by atoms with Gasteiger partial charge in [-0.2, -0.15) is 0 Å². The van der Waals surface area contributed by atoms with E-state index in [1.54, 1.807) is 32.5 Å². The predicted molar refractivity (Wildman–Crippen MR) is 119 cm³/mol. The Balaban J connectivity index is 1.49. The molecule has 9 heteroatoms. The minimum absolute atomic E-state index is 0.169. The van der Waals surface area contributed by atoms with Crippen LogP contribution in [0.2, 0.25) is 0 Å². The van der Waals surface area contributed by atoms with E-state index in [1.807, 2.05) is 36.4 Å². The molecule has 0 spiro atoms. The molecule has 31 heavy (non-hydrogen) atoms. The van der Waals surface area contributed by atoms with Crippen molar-refractivity contribution in [1.29, 1.82) is 0 Å². The smallest absolute Gasteiger partial charge is 0.234 e. The molecule has 0 aliphatic heterocycles. The van der Waals surface area contributed by atoms with E-state index in [2.05, 4.69) is 25.3 Å². The summed E-state index contributed by atoms with van der Waals surface area (Å²) < 4.78 is 10.4. The Hall–Kier alpha value is -3.72. The fourth-order valence-corrected chi connectivity index (χ4v) is 3.65. The second-order valence-electron chi connectivity index (χ2n) is 6.38. The third kappa shape index (κ3) is 4.72. The van der Waals surface area contributed by atoms with Gasteiger partial charge in [0.25, 0.3) is 0 Å². The van der Waals surface area contributed by atoms with Crippen LogP contribution < -0.4 is 14.8 Å². The summed E-state index contributed by atoms with van der Waals surface area (Å²) in [6, 6.07) is 14.7. The summed E-state index contributed by atoms with van der Waals surface area (Å²) in [6.45, 7) is 0. The van der Waals surface area contributed by atoms with Crippen molar-refractivity contribution in [2.75, 3.05) is 25.3 Å². The summed E-state index contributed by atoms with van der Waals surface area (Å²) in [5, 5.41) is 4.18. The molecule has 156 valence electrons. The molecule has 2 heterocycles. The predicted octanol–water partition coefficient (Wildman–Crippen LogP) is 3.83. The highest BCUT2D eigenvalue weighted by Crippen LogP contribution is 2.27. The van der Waals surface area contributed by atoms with Crippen LogP contribution in [-0.2, 0) is 4.79 Å². The standard InChI is InChI=1S/C22H19N5O3S/c1-29-15-9-7-14(8-10-15)20-23-11-16-21(27-20)24-13-25-22(16)31-12-19(28)26-17-5-3-4-6-18(17)30-2/h3-11,13H,12H2,1-2H3,(H,26,28). The summed E-state index contributed by atoms with van der Waals surface area (Å²) in [5.41, 5.74) is 1.99. The number of hydrogen-bond acceptors (Lipinski definition) is 8. The molecule has 0 radical (unpaired) electrons. The highest BCUT2D eigenvalue weighted by Gasteiger charge is 2.12. The first-order chi connectivity index (χ1) is 15.2. The van der Waals surface area contributed by atoms with Gasteiger partial charge in [0.2, 0.25) is 5.91 Å². The highest BCUT2D eigenvalue weighted by molar-refractivity contribution is 8.00. The van der Waals surface area contributed by atoms with Crippen molar-refractivity contribution in [2.24, 2.45) is 0 Å². The van der Waals surface area contributed by atoms with E-state index >= 15 is 0 Å². The Labute approximate surface area is 183 Å². The summed E-state index contributed by atoms with van der Waals surface area (Å²) in [6.07, 6.45) is 3.12. The lowest BCUT2D eigenvalue weighted by atomic mass is 10.2. The number of amides is 1. The molecule has 8 nitrogen and oxygen atoms in total. The number of methoxy groups -OCH3 is 2. The second kappa shape index (κ2) is 9.40. The zero-order chi connectivity index (χ0) is 21.6. The average Bonchev–Trinajstić information content (AvgIpc) is 2.82. The molecule has 0 saturated heterocycles. The minimum atomic E-state index is -0.169. The molecule has 2 aromatic heterocycles. The van der Waals surface area contributed by atoms with Gasteiger partial charge in [-0.25, -0.2) is 19.9 Å². The van der Waals surface area contributed by atoms with Crippen LogP contribution in [0.1, 0.15) is 0 Å². The van der Waals surface area contributed by atoms with Crippen molar-refractivity contribution in [1.82, 2.24) is 19.9 Å². The van der Waals surface area contributed by atoms with E-state index in [0.717, 1.165) is 11.3 Å². The molecule has 0 fully saturated rings. The van der Waals surface area contributed by atoms with Gasteiger partial charge in [-0.05, 0) is 36.4 Å². The molecule has 0 aliphatic rings. The molecule has 0 saturated carbocycles. The van der Waals surface area contributed by atoms with Gasteiger partial charge in [0.15, 0.2) is 11.5 Å². The summed E-state index contributed by atoms with van der Waals surface area (Å²) in [7, 11) is 3.18. The third-order valence-electron chi connectivity index (χ3n) is 4.42. The Morgan fingerprint density at radius 2 is 1.81 bits per heavy atom. The van der Waals surface area contributed by atoms with Crippen molar-refractivity contribution in [2.45, 2.75) is 5.03 Å².